The van der Waals surface area contributed by atoms with E-state index in [0.717, 1.165) is 17.2 Å². The molecule has 10 heteroatoms. The molecule has 38 heavy (non-hydrogen) atoms. The van der Waals surface area contributed by atoms with Crippen molar-refractivity contribution in [1.29, 1.82) is 0 Å². The second-order valence-corrected chi connectivity index (χ2v) is 8.52. The topological polar surface area (TPSA) is 87.0 Å². The molecule has 0 radical (unpaired) electrons. The van der Waals surface area contributed by atoms with Gasteiger partial charge in [0.1, 0.15) is 11.3 Å². The van der Waals surface area contributed by atoms with Crippen molar-refractivity contribution in [3.8, 4) is 28.4 Å². The zero-order valence-corrected chi connectivity index (χ0v) is 21.0. The van der Waals surface area contributed by atoms with Crippen LogP contribution >= 0.6 is 0 Å². The standard InChI is InChI=1S/C28H24F3NO6/c1-15-5-6-16(2)20(11-15)32-24(33)14-37-18-8-9-19-22(13-18)38-27(28(29,30)31)25(26(19)34)17-7-10-21(35-3)23(12-17)36-4/h5-13H,14H2,1-4H3,(H,32,33). The quantitative estimate of drug-likeness (QED) is 0.311. The first-order valence-corrected chi connectivity index (χ1v) is 11.4. The summed E-state index contributed by atoms with van der Waals surface area (Å²) >= 11 is 0. The van der Waals surface area contributed by atoms with Gasteiger partial charge in [0.25, 0.3) is 5.91 Å². The molecule has 0 unspecified atom stereocenters. The van der Waals surface area contributed by atoms with Crippen molar-refractivity contribution in [2.24, 2.45) is 0 Å². The van der Waals surface area contributed by atoms with E-state index < -0.39 is 35.4 Å². The first kappa shape index (κ1) is 26.6. The van der Waals surface area contributed by atoms with Crippen molar-refractivity contribution in [3.63, 3.8) is 0 Å². The fourth-order valence-electron chi connectivity index (χ4n) is 3.92. The Balaban J connectivity index is 1.68. The Bertz CT molecular complexity index is 1580. The van der Waals surface area contributed by atoms with Gasteiger partial charge in [-0.05, 0) is 60.9 Å². The molecular weight excluding hydrogens is 503 g/mol. The molecule has 0 aliphatic heterocycles. The summed E-state index contributed by atoms with van der Waals surface area (Å²) in [5.74, 6) is -1.42. The van der Waals surface area contributed by atoms with Crippen LogP contribution in [0.1, 0.15) is 16.9 Å². The monoisotopic (exact) mass is 527 g/mol. The summed E-state index contributed by atoms with van der Waals surface area (Å²) in [7, 11) is 2.72. The molecule has 1 heterocycles. The Hall–Kier alpha value is -4.47. The van der Waals surface area contributed by atoms with Gasteiger partial charge in [-0.2, -0.15) is 13.2 Å². The molecule has 0 atom stereocenters. The maximum absolute atomic E-state index is 14.0. The van der Waals surface area contributed by atoms with Gasteiger partial charge in [0.15, 0.2) is 18.1 Å². The van der Waals surface area contributed by atoms with E-state index in [-0.39, 0.29) is 28.0 Å². The highest BCUT2D eigenvalue weighted by Gasteiger charge is 2.39. The lowest BCUT2D eigenvalue weighted by Crippen LogP contribution is -2.20. The zero-order valence-electron chi connectivity index (χ0n) is 21.0. The largest absolute Gasteiger partial charge is 0.493 e. The van der Waals surface area contributed by atoms with Gasteiger partial charge in [0.2, 0.25) is 11.2 Å². The second-order valence-electron chi connectivity index (χ2n) is 8.52. The van der Waals surface area contributed by atoms with Gasteiger partial charge >= 0.3 is 6.18 Å². The van der Waals surface area contributed by atoms with Crippen LogP contribution in [0, 0.1) is 13.8 Å². The minimum Gasteiger partial charge on any atom is -0.493 e. The van der Waals surface area contributed by atoms with Gasteiger partial charge in [-0.3, -0.25) is 9.59 Å². The van der Waals surface area contributed by atoms with Crippen molar-refractivity contribution in [2.75, 3.05) is 26.1 Å². The maximum Gasteiger partial charge on any atom is 0.450 e. The van der Waals surface area contributed by atoms with E-state index in [0.29, 0.717) is 11.4 Å². The number of rotatable bonds is 7. The summed E-state index contributed by atoms with van der Waals surface area (Å²) in [5.41, 5.74) is 0.525. The first-order chi connectivity index (χ1) is 18.0. The van der Waals surface area contributed by atoms with Gasteiger partial charge in [-0.25, -0.2) is 0 Å². The highest BCUT2D eigenvalue weighted by atomic mass is 19.4. The molecule has 1 amide bonds. The van der Waals surface area contributed by atoms with Crippen LogP contribution < -0.4 is 25.0 Å². The average Bonchev–Trinajstić information content (AvgIpc) is 2.88. The van der Waals surface area contributed by atoms with E-state index in [4.69, 9.17) is 18.6 Å². The number of amides is 1. The van der Waals surface area contributed by atoms with Crippen molar-refractivity contribution in [3.05, 3.63) is 81.7 Å². The highest BCUT2D eigenvalue weighted by Crippen LogP contribution is 2.40. The number of carbonyl (C=O) groups is 1. The molecule has 1 aromatic heterocycles. The van der Waals surface area contributed by atoms with Crippen molar-refractivity contribution in [1.82, 2.24) is 0 Å². The molecule has 0 aliphatic rings. The van der Waals surface area contributed by atoms with Crippen LogP contribution in [0.2, 0.25) is 0 Å². The van der Waals surface area contributed by atoms with E-state index >= 15 is 0 Å². The van der Waals surface area contributed by atoms with E-state index in [1.165, 1.54) is 44.6 Å². The van der Waals surface area contributed by atoms with Crippen LogP contribution in [0.15, 0.2) is 63.8 Å². The molecule has 4 aromatic rings. The number of hydrogen-bond donors (Lipinski definition) is 1. The fourth-order valence-corrected chi connectivity index (χ4v) is 3.92. The SMILES string of the molecule is COc1ccc(-c2c(C(F)(F)F)oc3cc(OCC(=O)Nc4cc(C)ccc4C)ccc3c2=O)cc1OC. The summed E-state index contributed by atoms with van der Waals surface area (Å²) in [6.07, 6.45) is -4.97. The number of alkyl halides is 3. The van der Waals surface area contributed by atoms with Gasteiger partial charge < -0.3 is 23.9 Å². The molecule has 7 nitrogen and oxygen atoms in total. The van der Waals surface area contributed by atoms with Crippen LogP contribution in [0.3, 0.4) is 0 Å². The molecule has 0 spiro atoms. The number of halogens is 3. The van der Waals surface area contributed by atoms with Crippen LogP contribution in [0.4, 0.5) is 18.9 Å². The summed E-state index contributed by atoms with van der Waals surface area (Å²) in [5, 5.41) is 2.65. The third kappa shape index (κ3) is 5.44. The fraction of sp³-hybridized carbons (Fsp3) is 0.214. The maximum atomic E-state index is 14.0. The molecule has 0 aliphatic carbocycles. The van der Waals surface area contributed by atoms with Crippen LogP contribution in [0.5, 0.6) is 17.2 Å². The summed E-state index contributed by atoms with van der Waals surface area (Å²) in [6.45, 7) is 3.33. The number of hydrogen-bond acceptors (Lipinski definition) is 6. The van der Waals surface area contributed by atoms with Gasteiger partial charge in [0, 0.05) is 11.8 Å². The van der Waals surface area contributed by atoms with Crippen LogP contribution in [-0.4, -0.2) is 26.7 Å². The Labute approximate surface area is 215 Å². The van der Waals surface area contributed by atoms with E-state index in [1.807, 2.05) is 32.0 Å². The normalized spacial score (nSPS) is 11.3. The number of methoxy groups -OCH3 is 2. The predicted octanol–water partition coefficient (Wildman–Crippen LogP) is 6.13. The van der Waals surface area contributed by atoms with Crippen molar-refractivity contribution in [2.45, 2.75) is 20.0 Å². The Morgan fingerprint density at radius 1 is 0.947 bits per heavy atom. The number of carbonyl (C=O) groups excluding carboxylic acids is 1. The van der Waals surface area contributed by atoms with E-state index in [1.54, 1.807) is 0 Å². The van der Waals surface area contributed by atoms with E-state index in [9.17, 15) is 22.8 Å². The van der Waals surface area contributed by atoms with E-state index in [2.05, 4.69) is 5.32 Å². The third-order valence-corrected chi connectivity index (χ3v) is 5.83. The van der Waals surface area contributed by atoms with Gasteiger partial charge in [-0.15, -0.1) is 0 Å². The minimum absolute atomic E-state index is 0.0472. The van der Waals surface area contributed by atoms with Crippen LogP contribution in [-0.2, 0) is 11.0 Å². The molecule has 0 fully saturated rings. The number of aryl methyl sites for hydroxylation is 2. The molecule has 0 bridgehead atoms. The van der Waals surface area contributed by atoms with Crippen molar-refractivity contribution < 1.29 is 36.6 Å². The molecule has 198 valence electrons. The smallest absolute Gasteiger partial charge is 0.450 e. The third-order valence-electron chi connectivity index (χ3n) is 5.83. The van der Waals surface area contributed by atoms with Gasteiger partial charge in [0.05, 0.1) is 25.2 Å². The predicted molar refractivity (Wildman–Crippen MR) is 136 cm³/mol. The van der Waals surface area contributed by atoms with Crippen molar-refractivity contribution >= 4 is 22.6 Å². The Morgan fingerprint density at radius 2 is 1.68 bits per heavy atom. The summed E-state index contributed by atoms with van der Waals surface area (Å²) < 4.78 is 63.0. The molecule has 0 saturated carbocycles. The lowest BCUT2D eigenvalue weighted by molar-refractivity contribution is -0.152. The molecule has 1 N–H and O–H groups in total. The molecule has 4 rings (SSSR count). The number of fused-ring (bicyclic) bond motifs is 1. The van der Waals surface area contributed by atoms with Gasteiger partial charge in [-0.1, -0.05) is 18.2 Å². The number of ether oxygens (including phenoxy) is 3. The number of anilines is 1. The number of nitrogens with one attached hydrogen (secondary N) is 1. The average molecular weight is 527 g/mol. The Kier molecular flexibility index (Phi) is 7.34. The lowest BCUT2D eigenvalue weighted by Gasteiger charge is -2.15. The Morgan fingerprint density at radius 3 is 2.37 bits per heavy atom. The molecular formula is C28H24F3NO6. The first-order valence-electron chi connectivity index (χ1n) is 11.4. The van der Waals surface area contributed by atoms with Crippen LogP contribution in [0.25, 0.3) is 22.1 Å². The second kappa shape index (κ2) is 10.5. The number of benzene rings is 3. The summed E-state index contributed by atoms with van der Waals surface area (Å²) in [4.78, 5) is 25.6. The lowest BCUT2D eigenvalue weighted by atomic mass is 10.0. The highest BCUT2D eigenvalue weighted by molar-refractivity contribution is 5.93. The zero-order chi connectivity index (χ0) is 27.6. The molecule has 0 saturated heterocycles. The minimum atomic E-state index is -4.97. The summed E-state index contributed by atoms with van der Waals surface area (Å²) in [6, 6.07) is 13.4. The molecule has 3 aromatic carbocycles.